The van der Waals surface area contributed by atoms with Gasteiger partial charge in [0.25, 0.3) is 0 Å². The number of H-pyrrole nitrogens is 1. The molecule has 0 unspecified atom stereocenters. The second kappa shape index (κ2) is 7.70. The fourth-order valence-electron chi connectivity index (χ4n) is 4.35. The minimum absolute atomic E-state index is 0.355. The molecule has 2 atom stereocenters. The second-order valence-electron chi connectivity index (χ2n) is 7.58. The smallest absolute Gasteiger partial charge is 0.159 e. The zero-order valence-corrected chi connectivity index (χ0v) is 14.9. The summed E-state index contributed by atoms with van der Waals surface area (Å²) >= 11 is 0. The molecule has 1 aliphatic carbocycles. The lowest BCUT2D eigenvalue weighted by molar-refractivity contribution is 0.173. The first-order chi connectivity index (χ1) is 12.7. The van der Waals surface area contributed by atoms with Crippen molar-refractivity contribution in [3.63, 3.8) is 0 Å². The summed E-state index contributed by atoms with van der Waals surface area (Å²) in [5.74, 6) is -0.519. The fraction of sp³-hybridized carbons (Fsp3) is 0.476. The number of aromatic amines is 1. The van der Waals surface area contributed by atoms with Crippen molar-refractivity contribution in [1.29, 1.82) is 0 Å². The first-order valence-electron chi connectivity index (χ1n) is 9.56. The van der Waals surface area contributed by atoms with Crippen molar-refractivity contribution in [2.24, 2.45) is 5.92 Å². The Bertz CT molecular complexity index is 783. The molecule has 0 saturated carbocycles. The summed E-state index contributed by atoms with van der Waals surface area (Å²) in [7, 11) is 0. The SMILES string of the molecule is Fc1ccc(-c2cn[nH]c2[C@H]2CCCN(C[C@H]3CC=CCC3)C2)cc1F. The maximum atomic E-state index is 13.6. The van der Waals surface area contributed by atoms with Gasteiger partial charge < -0.3 is 4.90 Å². The van der Waals surface area contributed by atoms with Gasteiger partial charge in [-0.1, -0.05) is 18.2 Å². The van der Waals surface area contributed by atoms with E-state index in [9.17, 15) is 8.78 Å². The number of nitrogens with one attached hydrogen (secondary N) is 1. The number of hydrogen-bond donors (Lipinski definition) is 1. The number of rotatable bonds is 4. The Morgan fingerprint density at radius 3 is 2.88 bits per heavy atom. The van der Waals surface area contributed by atoms with Crippen LogP contribution in [0.5, 0.6) is 0 Å². The molecule has 1 N–H and O–H groups in total. The van der Waals surface area contributed by atoms with Gasteiger partial charge in [0.2, 0.25) is 0 Å². The number of benzene rings is 1. The molecule has 5 heteroatoms. The normalized spacial score (nSPS) is 24.1. The van der Waals surface area contributed by atoms with E-state index >= 15 is 0 Å². The Kier molecular flexibility index (Phi) is 5.16. The van der Waals surface area contributed by atoms with Crippen LogP contribution in [-0.4, -0.2) is 34.7 Å². The number of aromatic nitrogens is 2. The molecule has 0 spiro atoms. The third-order valence-corrected chi connectivity index (χ3v) is 5.71. The summed E-state index contributed by atoms with van der Waals surface area (Å²) in [6.07, 6.45) is 12.2. The predicted molar refractivity (Wildman–Crippen MR) is 98.8 cm³/mol. The van der Waals surface area contributed by atoms with E-state index in [-0.39, 0.29) is 0 Å². The van der Waals surface area contributed by atoms with Crippen LogP contribution in [0.1, 0.15) is 43.7 Å². The Balaban J connectivity index is 1.49. The van der Waals surface area contributed by atoms with Gasteiger partial charge >= 0.3 is 0 Å². The molecule has 2 aromatic rings. The minimum atomic E-state index is -0.816. The quantitative estimate of drug-likeness (QED) is 0.790. The van der Waals surface area contributed by atoms with Crippen molar-refractivity contribution in [2.75, 3.05) is 19.6 Å². The average Bonchev–Trinajstić information content (AvgIpc) is 3.15. The lowest BCUT2D eigenvalue weighted by Gasteiger charge is -2.35. The standard InChI is InChI=1S/C21H25F2N3/c22-19-9-8-16(11-20(19)23)18-12-24-25-21(18)17-7-4-10-26(14-17)13-15-5-2-1-3-6-15/h1-2,8-9,11-12,15,17H,3-7,10,13-14H2,(H,24,25)/t15-,17-/m0/s1. The molecule has 2 heterocycles. The predicted octanol–water partition coefficient (Wildman–Crippen LogP) is 4.89. The van der Waals surface area contributed by atoms with Crippen LogP contribution < -0.4 is 0 Å². The Labute approximate surface area is 153 Å². The fourth-order valence-corrected chi connectivity index (χ4v) is 4.35. The van der Waals surface area contributed by atoms with Crippen molar-refractivity contribution in [2.45, 2.75) is 38.0 Å². The van der Waals surface area contributed by atoms with Crippen LogP contribution in [-0.2, 0) is 0 Å². The second-order valence-corrected chi connectivity index (χ2v) is 7.58. The molecule has 1 aromatic carbocycles. The number of hydrogen-bond acceptors (Lipinski definition) is 2. The highest BCUT2D eigenvalue weighted by Gasteiger charge is 2.26. The Hall–Kier alpha value is -2.01. The van der Waals surface area contributed by atoms with Crippen LogP contribution in [0.4, 0.5) is 8.78 Å². The largest absolute Gasteiger partial charge is 0.302 e. The number of halogens is 2. The molecule has 138 valence electrons. The van der Waals surface area contributed by atoms with E-state index in [0.29, 0.717) is 11.5 Å². The van der Waals surface area contributed by atoms with Gasteiger partial charge in [-0.15, -0.1) is 0 Å². The summed E-state index contributed by atoms with van der Waals surface area (Å²) in [6.45, 7) is 3.29. The molecule has 26 heavy (non-hydrogen) atoms. The summed E-state index contributed by atoms with van der Waals surface area (Å²) in [5, 5.41) is 7.33. The van der Waals surface area contributed by atoms with Gasteiger partial charge in [0.05, 0.1) is 6.20 Å². The van der Waals surface area contributed by atoms with E-state index in [1.807, 2.05) is 0 Å². The molecule has 1 saturated heterocycles. The van der Waals surface area contributed by atoms with Crippen molar-refractivity contribution in [1.82, 2.24) is 15.1 Å². The van der Waals surface area contributed by atoms with Crippen molar-refractivity contribution in [3.05, 3.63) is 53.9 Å². The van der Waals surface area contributed by atoms with Crippen LogP contribution in [0.15, 0.2) is 36.5 Å². The maximum absolute atomic E-state index is 13.6. The maximum Gasteiger partial charge on any atom is 0.159 e. The van der Waals surface area contributed by atoms with Gasteiger partial charge in [-0.25, -0.2) is 8.78 Å². The van der Waals surface area contributed by atoms with Crippen molar-refractivity contribution < 1.29 is 8.78 Å². The highest BCUT2D eigenvalue weighted by Crippen LogP contribution is 2.34. The zero-order valence-electron chi connectivity index (χ0n) is 14.9. The first kappa shape index (κ1) is 17.4. The van der Waals surface area contributed by atoms with Gasteiger partial charge in [0, 0.05) is 30.3 Å². The molecule has 1 aliphatic heterocycles. The summed E-state index contributed by atoms with van der Waals surface area (Å²) in [6, 6.07) is 4.07. The van der Waals surface area contributed by atoms with Gasteiger partial charge in [0.1, 0.15) is 0 Å². The zero-order chi connectivity index (χ0) is 17.9. The van der Waals surface area contributed by atoms with Gasteiger partial charge in [0.15, 0.2) is 11.6 Å². The summed E-state index contributed by atoms with van der Waals surface area (Å²) < 4.78 is 26.9. The topological polar surface area (TPSA) is 31.9 Å². The number of piperidine rings is 1. The molecule has 3 nitrogen and oxygen atoms in total. The van der Waals surface area contributed by atoms with Gasteiger partial charge in [-0.05, 0) is 62.3 Å². The number of allylic oxidation sites excluding steroid dienone is 2. The molecule has 0 amide bonds. The number of likely N-dealkylation sites (tertiary alicyclic amines) is 1. The molecule has 0 bridgehead atoms. The minimum Gasteiger partial charge on any atom is -0.302 e. The van der Waals surface area contributed by atoms with Crippen LogP contribution in [0.2, 0.25) is 0 Å². The molecule has 4 rings (SSSR count). The monoisotopic (exact) mass is 357 g/mol. The first-order valence-corrected chi connectivity index (χ1v) is 9.56. The van der Waals surface area contributed by atoms with E-state index in [0.717, 1.165) is 49.7 Å². The highest BCUT2D eigenvalue weighted by atomic mass is 19.2. The summed E-state index contributed by atoms with van der Waals surface area (Å²) in [5.41, 5.74) is 2.61. The van der Waals surface area contributed by atoms with E-state index in [4.69, 9.17) is 0 Å². The lowest BCUT2D eigenvalue weighted by Crippen LogP contribution is -2.38. The molecular weight excluding hydrogens is 332 g/mol. The lowest BCUT2D eigenvalue weighted by atomic mass is 9.88. The molecular formula is C21H25F2N3. The molecule has 0 radical (unpaired) electrons. The van der Waals surface area contributed by atoms with E-state index in [2.05, 4.69) is 27.2 Å². The van der Waals surface area contributed by atoms with Crippen LogP contribution in [0.25, 0.3) is 11.1 Å². The molecule has 1 fully saturated rings. The van der Waals surface area contributed by atoms with E-state index in [1.54, 1.807) is 12.3 Å². The Morgan fingerprint density at radius 2 is 2.08 bits per heavy atom. The summed E-state index contributed by atoms with van der Waals surface area (Å²) in [4.78, 5) is 2.56. The van der Waals surface area contributed by atoms with Crippen LogP contribution >= 0.6 is 0 Å². The average molecular weight is 357 g/mol. The van der Waals surface area contributed by atoms with E-state index in [1.165, 1.54) is 31.4 Å². The van der Waals surface area contributed by atoms with Gasteiger partial charge in [-0.2, -0.15) is 5.10 Å². The van der Waals surface area contributed by atoms with E-state index < -0.39 is 11.6 Å². The van der Waals surface area contributed by atoms with Crippen LogP contribution in [0.3, 0.4) is 0 Å². The Morgan fingerprint density at radius 1 is 1.15 bits per heavy atom. The van der Waals surface area contributed by atoms with Gasteiger partial charge in [-0.3, -0.25) is 5.10 Å². The molecule has 1 aromatic heterocycles. The number of nitrogens with zero attached hydrogens (tertiary/aromatic N) is 2. The molecule has 2 aliphatic rings. The third kappa shape index (κ3) is 3.73. The third-order valence-electron chi connectivity index (χ3n) is 5.71. The van der Waals surface area contributed by atoms with Crippen molar-refractivity contribution >= 4 is 0 Å². The van der Waals surface area contributed by atoms with Crippen LogP contribution in [0, 0.1) is 17.6 Å². The highest BCUT2D eigenvalue weighted by molar-refractivity contribution is 5.66. The van der Waals surface area contributed by atoms with Crippen molar-refractivity contribution in [3.8, 4) is 11.1 Å².